The van der Waals surface area contributed by atoms with E-state index in [2.05, 4.69) is 15.3 Å². The second-order valence-corrected chi connectivity index (χ2v) is 5.70. The number of fused-ring (bicyclic) bond motifs is 1. The molecule has 0 aliphatic heterocycles. The summed E-state index contributed by atoms with van der Waals surface area (Å²) >= 11 is 1.32. The van der Waals surface area contributed by atoms with Gasteiger partial charge in [0.2, 0.25) is 5.89 Å². The Kier molecular flexibility index (Phi) is 3.34. The average molecular weight is 302 g/mol. The quantitative estimate of drug-likeness (QED) is 0.775. The van der Waals surface area contributed by atoms with Crippen molar-refractivity contribution < 1.29 is 9.21 Å². The summed E-state index contributed by atoms with van der Waals surface area (Å²) in [4.78, 5) is 21.0. The lowest BCUT2D eigenvalue weighted by atomic mass is 10.2. The minimum absolute atomic E-state index is 0.234. The van der Waals surface area contributed by atoms with Crippen molar-refractivity contribution in [2.75, 3.05) is 5.73 Å². The fourth-order valence-electron chi connectivity index (χ4n) is 1.99. The molecule has 0 fully saturated rings. The largest absolute Gasteiger partial charge is 0.444 e. The number of nitrogens with zero attached hydrogens (tertiary/aromatic N) is 2. The summed E-state index contributed by atoms with van der Waals surface area (Å²) in [5.41, 5.74) is 7.33. The second-order valence-electron chi connectivity index (χ2n) is 4.65. The van der Waals surface area contributed by atoms with Crippen molar-refractivity contribution in [2.24, 2.45) is 0 Å². The first kappa shape index (κ1) is 13.6. The van der Waals surface area contributed by atoms with E-state index in [9.17, 15) is 4.79 Å². The molecule has 3 aromatic heterocycles. The van der Waals surface area contributed by atoms with Crippen molar-refractivity contribution in [3.05, 3.63) is 40.7 Å². The number of carbonyl (C=O) groups excluding carboxylic acids is 1. The van der Waals surface area contributed by atoms with Gasteiger partial charge in [-0.1, -0.05) is 0 Å². The summed E-state index contributed by atoms with van der Waals surface area (Å²) in [5.74, 6) is 1.01. The van der Waals surface area contributed by atoms with Gasteiger partial charge in [0.15, 0.2) is 0 Å². The highest BCUT2D eigenvalue weighted by Crippen LogP contribution is 2.32. The van der Waals surface area contributed by atoms with Crippen molar-refractivity contribution in [3.8, 4) is 0 Å². The Morgan fingerprint density at radius 3 is 2.95 bits per heavy atom. The molecule has 0 atom stereocenters. The lowest BCUT2D eigenvalue weighted by Crippen LogP contribution is -2.22. The van der Waals surface area contributed by atoms with Crippen LogP contribution >= 0.6 is 11.3 Å². The van der Waals surface area contributed by atoms with E-state index in [4.69, 9.17) is 10.2 Å². The third-order valence-electron chi connectivity index (χ3n) is 3.21. The number of carbonyl (C=O) groups is 1. The maximum Gasteiger partial charge on any atom is 0.263 e. The molecule has 6 nitrogen and oxygen atoms in total. The smallest absolute Gasteiger partial charge is 0.263 e. The Morgan fingerprint density at radius 2 is 2.29 bits per heavy atom. The first-order chi connectivity index (χ1) is 10.1. The van der Waals surface area contributed by atoms with Gasteiger partial charge in [-0.2, -0.15) is 0 Å². The fourth-order valence-corrected chi connectivity index (χ4v) is 3.00. The van der Waals surface area contributed by atoms with Crippen LogP contribution in [0, 0.1) is 13.8 Å². The van der Waals surface area contributed by atoms with E-state index in [1.54, 1.807) is 18.5 Å². The number of hydrogen-bond donors (Lipinski definition) is 2. The van der Waals surface area contributed by atoms with Crippen LogP contribution < -0.4 is 11.1 Å². The monoisotopic (exact) mass is 302 g/mol. The van der Waals surface area contributed by atoms with Crippen molar-refractivity contribution >= 4 is 33.0 Å². The number of thiophene rings is 1. The van der Waals surface area contributed by atoms with Crippen LogP contribution in [0.4, 0.5) is 5.69 Å². The highest BCUT2D eigenvalue weighted by atomic mass is 32.1. The summed E-state index contributed by atoms with van der Waals surface area (Å²) in [6.45, 7) is 3.94. The molecule has 0 unspecified atom stereocenters. The maximum absolute atomic E-state index is 12.2. The molecule has 3 rings (SSSR count). The molecule has 0 aliphatic rings. The molecular formula is C14H14N4O2S. The first-order valence-electron chi connectivity index (χ1n) is 6.39. The van der Waals surface area contributed by atoms with Crippen molar-refractivity contribution in [1.29, 1.82) is 0 Å². The topological polar surface area (TPSA) is 94.0 Å². The van der Waals surface area contributed by atoms with Gasteiger partial charge in [-0.3, -0.25) is 9.78 Å². The second kappa shape index (κ2) is 5.17. The number of pyridine rings is 1. The van der Waals surface area contributed by atoms with Gasteiger partial charge in [-0.15, -0.1) is 11.3 Å². The summed E-state index contributed by atoms with van der Waals surface area (Å²) < 4.78 is 6.32. The molecule has 0 aliphatic carbocycles. The summed E-state index contributed by atoms with van der Waals surface area (Å²) in [6.07, 6.45) is 3.36. The van der Waals surface area contributed by atoms with Gasteiger partial charge in [-0.25, -0.2) is 4.98 Å². The summed E-state index contributed by atoms with van der Waals surface area (Å²) in [5, 5.41) is 3.62. The van der Waals surface area contributed by atoms with Gasteiger partial charge in [-0.05, 0) is 19.9 Å². The molecule has 0 bridgehead atoms. The highest BCUT2D eigenvalue weighted by molar-refractivity contribution is 7.21. The van der Waals surface area contributed by atoms with Crippen molar-refractivity contribution in [2.45, 2.75) is 20.4 Å². The number of nitrogens with one attached hydrogen (secondary N) is 1. The Hall–Kier alpha value is -2.41. The predicted molar refractivity (Wildman–Crippen MR) is 81.2 cm³/mol. The van der Waals surface area contributed by atoms with Crippen LogP contribution in [-0.2, 0) is 6.54 Å². The Balaban J connectivity index is 1.79. The number of rotatable bonds is 3. The van der Waals surface area contributed by atoms with Crippen LogP contribution in [0.3, 0.4) is 0 Å². The molecule has 0 saturated carbocycles. The normalized spacial score (nSPS) is 11.0. The molecule has 3 N–H and O–H groups in total. The van der Waals surface area contributed by atoms with Crippen LogP contribution in [0.15, 0.2) is 22.9 Å². The van der Waals surface area contributed by atoms with Gasteiger partial charge >= 0.3 is 0 Å². The van der Waals surface area contributed by atoms with Crippen LogP contribution in [0.25, 0.3) is 10.1 Å². The minimum Gasteiger partial charge on any atom is -0.444 e. The zero-order valence-corrected chi connectivity index (χ0v) is 12.5. The lowest BCUT2D eigenvalue weighted by Gasteiger charge is -2.01. The average Bonchev–Trinajstić information content (AvgIpc) is 2.98. The number of aryl methyl sites for hydroxylation is 2. The van der Waals surface area contributed by atoms with Crippen molar-refractivity contribution in [1.82, 2.24) is 15.3 Å². The van der Waals surface area contributed by atoms with Gasteiger partial charge in [0, 0.05) is 17.8 Å². The molecule has 0 spiro atoms. The van der Waals surface area contributed by atoms with Crippen LogP contribution in [0.5, 0.6) is 0 Å². The third kappa shape index (κ3) is 2.47. The molecule has 0 saturated heterocycles. The number of aromatic nitrogens is 2. The first-order valence-corrected chi connectivity index (χ1v) is 7.21. The van der Waals surface area contributed by atoms with E-state index < -0.39 is 0 Å². The van der Waals surface area contributed by atoms with E-state index in [1.807, 2.05) is 13.8 Å². The van der Waals surface area contributed by atoms with E-state index >= 15 is 0 Å². The standard InChI is InChI=1S/C14H14N4O2S/c1-7-8(2)20-11(18-7)6-17-14(19)13-12(15)9-3-4-16-5-10(9)21-13/h3-5H,6,15H2,1-2H3,(H,17,19). The van der Waals surface area contributed by atoms with Gasteiger partial charge in [0.25, 0.3) is 5.91 Å². The number of nitrogen functional groups attached to an aromatic ring is 1. The van der Waals surface area contributed by atoms with Gasteiger partial charge in [0.1, 0.15) is 10.6 Å². The fraction of sp³-hybridized carbons (Fsp3) is 0.214. The van der Waals surface area contributed by atoms with Crippen LogP contribution in [0.1, 0.15) is 27.0 Å². The molecule has 0 aromatic carbocycles. The zero-order valence-electron chi connectivity index (χ0n) is 11.6. The van der Waals surface area contributed by atoms with E-state index in [0.29, 0.717) is 16.5 Å². The molecule has 108 valence electrons. The molecule has 7 heteroatoms. The zero-order chi connectivity index (χ0) is 15.0. The molecule has 3 aromatic rings. The summed E-state index contributed by atoms with van der Waals surface area (Å²) in [7, 11) is 0. The van der Waals surface area contributed by atoms with E-state index in [0.717, 1.165) is 21.5 Å². The molecule has 1 amide bonds. The molecule has 3 heterocycles. The minimum atomic E-state index is -0.234. The van der Waals surface area contributed by atoms with Crippen molar-refractivity contribution in [3.63, 3.8) is 0 Å². The maximum atomic E-state index is 12.2. The molecule has 21 heavy (non-hydrogen) atoms. The number of amides is 1. The Morgan fingerprint density at radius 1 is 1.48 bits per heavy atom. The highest BCUT2D eigenvalue weighted by Gasteiger charge is 2.17. The van der Waals surface area contributed by atoms with E-state index in [1.165, 1.54) is 11.3 Å². The molecular weight excluding hydrogens is 288 g/mol. The number of anilines is 1. The predicted octanol–water partition coefficient (Wildman–Crippen LogP) is 2.41. The Labute approximate surface area is 125 Å². The lowest BCUT2D eigenvalue weighted by molar-refractivity contribution is 0.0952. The van der Waals surface area contributed by atoms with Crippen LogP contribution in [0.2, 0.25) is 0 Å². The third-order valence-corrected chi connectivity index (χ3v) is 4.37. The number of nitrogens with two attached hydrogens (primary N) is 1. The van der Waals surface area contributed by atoms with Gasteiger partial charge in [0.05, 0.1) is 22.6 Å². The SMILES string of the molecule is Cc1nc(CNC(=O)c2sc3cnccc3c2N)oc1C. The molecule has 0 radical (unpaired) electrons. The number of oxazole rings is 1. The number of hydrogen-bond acceptors (Lipinski definition) is 6. The van der Waals surface area contributed by atoms with Crippen LogP contribution in [-0.4, -0.2) is 15.9 Å². The Bertz CT molecular complexity index is 802. The summed E-state index contributed by atoms with van der Waals surface area (Å²) in [6, 6.07) is 1.80. The van der Waals surface area contributed by atoms with Gasteiger partial charge < -0.3 is 15.5 Å². The van der Waals surface area contributed by atoms with E-state index in [-0.39, 0.29) is 12.5 Å².